The van der Waals surface area contributed by atoms with Crippen LogP contribution in [0.4, 0.5) is 14.5 Å². The quantitative estimate of drug-likeness (QED) is 0.825. The van der Waals surface area contributed by atoms with Crippen LogP contribution in [-0.4, -0.2) is 26.1 Å². The molecule has 0 bridgehead atoms. The van der Waals surface area contributed by atoms with E-state index < -0.39 is 11.6 Å². The number of methoxy groups -OCH3 is 1. The summed E-state index contributed by atoms with van der Waals surface area (Å²) in [6, 6.07) is 11.1. The van der Waals surface area contributed by atoms with Gasteiger partial charge in [0.2, 0.25) is 5.91 Å². The van der Waals surface area contributed by atoms with Crippen molar-refractivity contribution in [2.45, 2.75) is 6.42 Å². The van der Waals surface area contributed by atoms with Gasteiger partial charge in [0.05, 0.1) is 13.7 Å². The van der Waals surface area contributed by atoms with Gasteiger partial charge in [-0.1, -0.05) is 18.2 Å². The summed E-state index contributed by atoms with van der Waals surface area (Å²) >= 11 is 0. The van der Waals surface area contributed by atoms with Gasteiger partial charge in [0.25, 0.3) is 0 Å². The fraction of sp³-hybridized carbons (Fsp3) is 0.235. The summed E-state index contributed by atoms with van der Waals surface area (Å²) in [7, 11) is 1.59. The van der Waals surface area contributed by atoms with Crippen LogP contribution in [0.1, 0.15) is 5.56 Å². The highest BCUT2D eigenvalue weighted by Crippen LogP contribution is 2.17. The molecule has 2 N–H and O–H groups in total. The molecule has 0 spiro atoms. The first-order valence-corrected chi connectivity index (χ1v) is 7.17. The van der Waals surface area contributed by atoms with E-state index in [0.717, 1.165) is 23.4 Å². The van der Waals surface area contributed by atoms with Crippen molar-refractivity contribution < 1.29 is 18.3 Å². The summed E-state index contributed by atoms with van der Waals surface area (Å²) < 4.78 is 31.9. The third-order valence-corrected chi connectivity index (χ3v) is 3.26. The fourth-order valence-corrected chi connectivity index (χ4v) is 2.07. The Kier molecular flexibility index (Phi) is 5.91. The highest BCUT2D eigenvalue weighted by Gasteiger charge is 2.09. The standard InChI is InChI=1S/C17H18F2N2O2/c1-23-13-5-2-4-12(10-13)8-9-20-16(22)11-21-17-14(18)6-3-7-15(17)19/h2-7,10,21H,8-9,11H2,1H3,(H,20,22). The molecule has 0 heterocycles. The minimum atomic E-state index is -0.728. The largest absolute Gasteiger partial charge is 0.497 e. The molecule has 0 aromatic heterocycles. The first-order valence-electron chi connectivity index (χ1n) is 7.17. The van der Waals surface area contributed by atoms with Gasteiger partial charge in [-0.15, -0.1) is 0 Å². The Bertz CT molecular complexity index is 657. The Morgan fingerprint density at radius 1 is 1.13 bits per heavy atom. The van der Waals surface area contributed by atoms with Crippen LogP contribution in [-0.2, 0) is 11.2 Å². The molecule has 0 saturated carbocycles. The van der Waals surface area contributed by atoms with Crippen LogP contribution in [0.2, 0.25) is 0 Å². The number of halogens is 2. The van der Waals surface area contributed by atoms with Gasteiger partial charge in [-0.25, -0.2) is 8.78 Å². The van der Waals surface area contributed by atoms with Gasteiger partial charge >= 0.3 is 0 Å². The Labute approximate surface area is 133 Å². The molecule has 0 unspecified atom stereocenters. The summed E-state index contributed by atoms with van der Waals surface area (Å²) in [5, 5.41) is 5.16. The number of anilines is 1. The molecule has 0 atom stereocenters. The zero-order valence-electron chi connectivity index (χ0n) is 12.7. The van der Waals surface area contributed by atoms with Crippen LogP contribution in [0.15, 0.2) is 42.5 Å². The first kappa shape index (κ1) is 16.7. The number of benzene rings is 2. The zero-order valence-corrected chi connectivity index (χ0v) is 12.7. The molecule has 1 amide bonds. The minimum absolute atomic E-state index is 0.198. The second-order valence-electron chi connectivity index (χ2n) is 4.90. The molecule has 0 fully saturated rings. The average Bonchev–Trinajstić information content (AvgIpc) is 2.54. The number of ether oxygens (including phenoxy) is 1. The highest BCUT2D eigenvalue weighted by atomic mass is 19.1. The minimum Gasteiger partial charge on any atom is -0.497 e. The predicted octanol–water partition coefficient (Wildman–Crippen LogP) is 2.74. The molecule has 122 valence electrons. The topological polar surface area (TPSA) is 50.4 Å². The summed E-state index contributed by atoms with van der Waals surface area (Å²) in [6.45, 7) is 0.226. The number of carbonyl (C=O) groups is 1. The van der Waals surface area contributed by atoms with Gasteiger partial charge in [0, 0.05) is 6.54 Å². The van der Waals surface area contributed by atoms with Crippen molar-refractivity contribution in [1.82, 2.24) is 5.32 Å². The van der Waals surface area contributed by atoms with Crippen molar-refractivity contribution in [3.63, 3.8) is 0 Å². The van der Waals surface area contributed by atoms with E-state index in [2.05, 4.69) is 10.6 Å². The first-order chi connectivity index (χ1) is 11.1. The van der Waals surface area contributed by atoms with E-state index in [9.17, 15) is 13.6 Å². The van der Waals surface area contributed by atoms with Gasteiger partial charge in [0.15, 0.2) is 0 Å². The van der Waals surface area contributed by atoms with Gasteiger partial charge in [-0.3, -0.25) is 4.79 Å². The Balaban J connectivity index is 1.77. The Hall–Kier alpha value is -2.63. The maximum absolute atomic E-state index is 13.4. The van der Waals surface area contributed by atoms with Crippen LogP contribution >= 0.6 is 0 Å². The number of hydrogen-bond acceptors (Lipinski definition) is 3. The molecule has 4 nitrogen and oxygen atoms in total. The molecule has 23 heavy (non-hydrogen) atoms. The van der Waals surface area contributed by atoms with Crippen LogP contribution < -0.4 is 15.4 Å². The lowest BCUT2D eigenvalue weighted by Crippen LogP contribution is -2.31. The molecule has 0 saturated heterocycles. The fourth-order valence-electron chi connectivity index (χ4n) is 2.07. The number of hydrogen-bond donors (Lipinski definition) is 2. The van der Waals surface area contributed by atoms with Gasteiger partial charge in [-0.2, -0.15) is 0 Å². The normalized spacial score (nSPS) is 10.2. The molecule has 0 aliphatic heterocycles. The number of nitrogens with one attached hydrogen (secondary N) is 2. The lowest BCUT2D eigenvalue weighted by Gasteiger charge is -2.09. The van der Waals surface area contributed by atoms with Crippen molar-refractivity contribution >= 4 is 11.6 Å². The summed E-state index contributed by atoms with van der Waals surface area (Å²) in [6.07, 6.45) is 0.636. The molecule has 6 heteroatoms. The van der Waals surface area contributed by atoms with Crippen molar-refractivity contribution in [3.05, 3.63) is 59.7 Å². The molecule has 0 radical (unpaired) electrons. The average molecular weight is 320 g/mol. The molecule has 0 aliphatic rings. The number of rotatable bonds is 7. The highest BCUT2D eigenvalue weighted by molar-refractivity contribution is 5.80. The van der Waals surface area contributed by atoms with E-state index in [1.54, 1.807) is 7.11 Å². The summed E-state index contributed by atoms with van der Waals surface area (Å²) in [4.78, 5) is 11.7. The monoisotopic (exact) mass is 320 g/mol. The Morgan fingerprint density at radius 3 is 2.52 bits per heavy atom. The second kappa shape index (κ2) is 8.12. The van der Waals surface area contributed by atoms with E-state index in [-0.39, 0.29) is 18.1 Å². The Morgan fingerprint density at radius 2 is 1.83 bits per heavy atom. The van der Waals surface area contributed by atoms with Crippen LogP contribution in [0.3, 0.4) is 0 Å². The third-order valence-electron chi connectivity index (χ3n) is 3.26. The van der Waals surface area contributed by atoms with Gasteiger partial charge in [-0.05, 0) is 36.2 Å². The smallest absolute Gasteiger partial charge is 0.239 e. The van der Waals surface area contributed by atoms with Crippen LogP contribution in [0.5, 0.6) is 5.75 Å². The SMILES string of the molecule is COc1cccc(CCNC(=O)CNc2c(F)cccc2F)c1. The third kappa shape index (κ3) is 4.95. The van der Waals surface area contributed by atoms with Gasteiger partial charge in [0.1, 0.15) is 23.1 Å². The maximum Gasteiger partial charge on any atom is 0.239 e. The maximum atomic E-state index is 13.4. The molecule has 0 aliphatic carbocycles. The lowest BCUT2D eigenvalue weighted by molar-refractivity contribution is -0.119. The lowest BCUT2D eigenvalue weighted by atomic mass is 10.1. The van der Waals surface area contributed by atoms with E-state index in [1.807, 2.05) is 24.3 Å². The van der Waals surface area contributed by atoms with Crippen molar-refractivity contribution in [1.29, 1.82) is 0 Å². The van der Waals surface area contributed by atoms with Gasteiger partial charge < -0.3 is 15.4 Å². The van der Waals surface area contributed by atoms with E-state index in [0.29, 0.717) is 13.0 Å². The van der Waals surface area contributed by atoms with Crippen LogP contribution in [0.25, 0.3) is 0 Å². The van der Waals surface area contributed by atoms with Crippen molar-refractivity contribution in [2.24, 2.45) is 0 Å². The zero-order chi connectivity index (χ0) is 16.7. The van der Waals surface area contributed by atoms with E-state index in [4.69, 9.17) is 4.74 Å². The molecular weight excluding hydrogens is 302 g/mol. The molecule has 2 aromatic rings. The van der Waals surface area contributed by atoms with Crippen molar-refractivity contribution in [3.8, 4) is 5.75 Å². The number of amides is 1. The summed E-state index contributed by atoms with van der Waals surface area (Å²) in [5.74, 6) is -1.04. The number of para-hydroxylation sites is 1. The van der Waals surface area contributed by atoms with Crippen molar-refractivity contribution in [2.75, 3.05) is 25.5 Å². The number of carbonyl (C=O) groups excluding carboxylic acids is 1. The summed E-state index contributed by atoms with van der Waals surface area (Å²) in [5.41, 5.74) is 0.730. The van der Waals surface area contributed by atoms with E-state index in [1.165, 1.54) is 6.07 Å². The second-order valence-corrected chi connectivity index (χ2v) is 4.90. The molecular formula is C17H18F2N2O2. The predicted molar refractivity (Wildman–Crippen MR) is 84.6 cm³/mol. The van der Waals surface area contributed by atoms with Crippen LogP contribution in [0, 0.1) is 11.6 Å². The molecule has 2 rings (SSSR count). The molecule has 2 aromatic carbocycles. The van der Waals surface area contributed by atoms with E-state index >= 15 is 0 Å².